The topological polar surface area (TPSA) is 83.5 Å². The first-order chi connectivity index (χ1) is 12.3. The lowest BCUT2D eigenvalue weighted by molar-refractivity contribution is -0.137. The maximum atomic E-state index is 10.3. The van der Waals surface area contributed by atoms with E-state index in [2.05, 4.69) is 6.92 Å². The second-order valence-corrected chi connectivity index (χ2v) is 7.80. The van der Waals surface area contributed by atoms with Gasteiger partial charge in [-0.25, -0.2) is 0 Å². The van der Waals surface area contributed by atoms with Crippen molar-refractivity contribution in [3.63, 3.8) is 0 Å². The molecule has 0 aliphatic carbocycles. The largest absolute Gasteiger partial charge is 0.481 e. The molecule has 158 valence electrons. The lowest BCUT2D eigenvalue weighted by Gasteiger charge is -2.11. The van der Waals surface area contributed by atoms with Gasteiger partial charge in [0, 0.05) is 6.42 Å². The highest BCUT2D eigenvalue weighted by Crippen LogP contribution is 2.13. The average molecular weight is 374 g/mol. The Labute approximate surface area is 162 Å². The van der Waals surface area contributed by atoms with Crippen molar-refractivity contribution < 1.29 is 15.0 Å². The van der Waals surface area contributed by atoms with E-state index in [9.17, 15) is 4.79 Å². The number of aliphatic carboxylic acids is 1. The molecule has 0 amide bonds. The summed E-state index contributed by atoms with van der Waals surface area (Å²) in [4.78, 5) is 10.3. The zero-order chi connectivity index (χ0) is 20.1. The Morgan fingerprint density at radius 1 is 0.731 bits per heavy atom. The molecule has 0 saturated heterocycles. The summed E-state index contributed by atoms with van der Waals surface area (Å²) in [5.41, 5.74) is 4.13. The van der Waals surface area contributed by atoms with Crippen molar-refractivity contribution in [2.45, 2.75) is 136 Å². The number of carbonyl (C=O) groups is 1. The zero-order valence-electron chi connectivity index (χ0n) is 17.9. The third-order valence-corrected chi connectivity index (χ3v) is 4.71. The summed E-state index contributed by atoms with van der Waals surface area (Å²) in [6.07, 6.45) is 20.8. The van der Waals surface area contributed by atoms with Crippen molar-refractivity contribution in [2.75, 3.05) is 0 Å². The normalized spacial score (nSPS) is 13.0. The van der Waals surface area contributed by atoms with Crippen LogP contribution in [0.15, 0.2) is 0 Å². The number of unbranched alkanes of at least 4 members (excludes halogenated alkanes) is 14. The maximum Gasteiger partial charge on any atom is 0.303 e. The second kappa shape index (κ2) is 20.7. The smallest absolute Gasteiger partial charge is 0.303 e. The highest BCUT2D eigenvalue weighted by atomic mass is 16.4. The third kappa shape index (κ3) is 31.2. The van der Waals surface area contributed by atoms with Crippen LogP contribution in [0.25, 0.3) is 0 Å². The summed E-state index contributed by atoms with van der Waals surface area (Å²) >= 11 is 0. The molecule has 0 aromatic heterocycles. The Bertz CT molecular complexity index is 288. The number of hydrogen-bond acceptors (Lipinski definition) is 3. The van der Waals surface area contributed by atoms with Gasteiger partial charge in [0.25, 0.3) is 0 Å². The Morgan fingerprint density at radius 2 is 1.00 bits per heavy atom. The summed E-state index contributed by atoms with van der Waals surface area (Å²) in [6, 6.07) is 0. The van der Waals surface area contributed by atoms with E-state index < -0.39 is 11.7 Å². The number of carboxylic acids is 1. The molecule has 0 heterocycles. The van der Waals surface area contributed by atoms with Crippen LogP contribution in [0.1, 0.15) is 130 Å². The summed E-state index contributed by atoms with van der Waals surface area (Å²) < 4.78 is 0. The van der Waals surface area contributed by atoms with Crippen LogP contribution in [-0.4, -0.2) is 21.9 Å². The number of rotatable bonds is 17. The molecule has 26 heavy (non-hydrogen) atoms. The monoisotopic (exact) mass is 373 g/mol. The Balaban J connectivity index is 0. The summed E-state index contributed by atoms with van der Waals surface area (Å²) in [5.74, 6) is -0.653. The molecule has 0 saturated carbocycles. The van der Waals surface area contributed by atoms with Gasteiger partial charge in [-0.05, 0) is 19.8 Å². The van der Waals surface area contributed by atoms with Crippen molar-refractivity contribution in [3.8, 4) is 0 Å². The van der Waals surface area contributed by atoms with Crippen molar-refractivity contribution in [1.82, 2.24) is 0 Å². The van der Waals surface area contributed by atoms with E-state index in [1.807, 2.05) is 6.92 Å². The van der Waals surface area contributed by atoms with Gasteiger partial charge in [0.15, 0.2) is 0 Å². The van der Waals surface area contributed by atoms with Crippen LogP contribution in [0.3, 0.4) is 0 Å². The van der Waals surface area contributed by atoms with Crippen molar-refractivity contribution >= 4 is 5.97 Å². The standard InChI is InChI=1S/C18H36O2.C4H11NO/c1-2-3-4-5-6-7-8-9-10-11-12-13-14-15-16-17-18(19)20;1-3-4(2,5)6/h2-17H2,1H3,(H,19,20);6H,3,5H2,1-2H3. The van der Waals surface area contributed by atoms with E-state index in [1.165, 1.54) is 83.5 Å². The minimum Gasteiger partial charge on any atom is -0.481 e. The van der Waals surface area contributed by atoms with Crippen LogP contribution in [0.5, 0.6) is 0 Å². The molecule has 0 aliphatic heterocycles. The highest BCUT2D eigenvalue weighted by Gasteiger charge is 2.06. The molecule has 4 heteroatoms. The quantitative estimate of drug-likeness (QED) is 0.203. The Morgan fingerprint density at radius 3 is 1.23 bits per heavy atom. The summed E-state index contributed by atoms with van der Waals surface area (Å²) in [5, 5.41) is 17.1. The van der Waals surface area contributed by atoms with Gasteiger partial charge in [-0.3, -0.25) is 4.79 Å². The van der Waals surface area contributed by atoms with Gasteiger partial charge in [-0.2, -0.15) is 0 Å². The SMILES string of the molecule is CCC(C)(N)O.CCCCCCCCCCCCCCCCCC(=O)O. The summed E-state index contributed by atoms with van der Waals surface area (Å²) in [6.45, 7) is 5.68. The number of hydrogen-bond donors (Lipinski definition) is 3. The van der Waals surface area contributed by atoms with Crippen LogP contribution in [-0.2, 0) is 4.79 Å². The van der Waals surface area contributed by atoms with Gasteiger partial charge in [0.2, 0.25) is 0 Å². The number of aliphatic hydroxyl groups is 1. The molecule has 0 aliphatic rings. The first-order valence-electron chi connectivity index (χ1n) is 11.1. The fourth-order valence-electron chi connectivity index (χ4n) is 2.65. The molecule has 0 rings (SSSR count). The highest BCUT2D eigenvalue weighted by molar-refractivity contribution is 5.66. The van der Waals surface area contributed by atoms with Crippen molar-refractivity contribution in [3.05, 3.63) is 0 Å². The fourth-order valence-corrected chi connectivity index (χ4v) is 2.65. The molecule has 0 aromatic carbocycles. The Kier molecular flexibility index (Phi) is 22.0. The van der Waals surface area contributed by atoms with Gasteiger partial charge in [-0.1, -0.05) is 104 Å². The minimum atomic E-state index is -0.958. The van der Waals surface area contributed by atoms with Gasteiger partial charge >= 0.3 is 5.97 Å². The first-order valence-corrected chi connectivity index (χ1v) is 11.1. The van der Waals surface area contributed by atoms with Gasteiger partial charge in [0.1, 0.15) is 5.72 Å². The predicted octanol–water partition coefficient (Wildman–Crippen LogP) is 6.40. The molecule has 4 N–H and O–H groups in total. The van der Waals surface area contributed by atoms with Gasteiger partial charge < -0.3 is 15.9 Å². The van der Waals surface area contributed by atoms with E-state index in [-0.39, 0.29) is 0 Å². The molecule has 0 fully saturated rings. The van der Waals surface area contributed by atoms with Gasteiger partial charge in [0.05, 0.1) is 0 Å². The molecule has 4 nitrogen and oxygen atoms in total. The van der Waals surface area contributed by atoms with Crippen molar-refractivity contribution in [1.29, 1.82) is 0 Å². The fraction of sp³-hybridized carbons (Fsp3) is 0.955. The van der Waals surface area contributed by atoms with E-state index in [0.29, 0.717) is 12.8 Å². The minimum absolute atomic E-state index is 0.345. The van der Waals surface area contributed by atoms with E-state index in [4.69, 9.17) is 15.9 Å². The number of carboxylic acid groups (broad SMARTS) is 1. The predicted molar refractivity (Wildman–Crippen MR) is 112 cm³/mol. The molecule has 0 spiro atoms. The molecular weight excluding hydrogens is 326 g/mol. The van der Waals surface area contributed by atoms with Crippen LogP contribution < -0.4 is 5.73 Å². The first kappa shape index (κ1) is 27.6. The van der Waals surface area contributed by atoms with Crippen LogP contribution in [0.2, 0.25) is 0 Å². The van der Waals surface area contributed by atoms with E-state index in [1.54, 1.807) is 6.92 Å². The molecule has 0 bridgehead atoms. The van der Waals surface area contributed by atoms with Crippen molar-refractivity contribution in [2.24, 2.45) is 5.73 Å². The summed E-state index contributed by atoms with van der Waals surface area (Å²) in [7, 11) is 0. The number of nitrogens with two attached hydrogens (primary N) is 1. The molecule has 1 atom stereocenters. The molecule has 0 aromatic rings. The van der Waals surface area contributed by atoms with Crippen LogP contribution in [0.4, 0.5) is 0 Å². The van der Waals surface area contributed by atoms with E-state index >= 15 is 0 Å². The molecule has 0 radical (unpaired) electrons. The zero-order valence-corrected chi connectivity index (χ0v) is 17.9. The molecule has 1 unspecified atom stereocenters. The van der Waals surface area contributed by atoms with Crippen LogP contribution in [0, 0.1) is 0 Å². The van der Waals surface area contributed by atoms with Gasteiger partial charge in [-0.15, -0.1) is 0 Å². The third-order valence-electron chi connectivity index (χ3n) is 4.71. The average Bonchev–Trinajstić information content (AvgIpc) is 2.58. The maximum absolute atomic E-state index is 10.3. The lowest BCUT2D eigenvalue weighted by Crippen LogP contribution is -2.34. The van der Waals surface area contributed by atoms with E-state index in [0.717, 1.165) is 12.8 Å². The Hall–Kier alpha value is -0.610. The second-order valence-electron chi connectivity index (χ2n) is 7.80. The lowest BCUT2D eigenvalue weighted by atomic mass is 10.0. The molecular formula is C22H47NO3. The van der Waals surface area contributed by atoms with Crippen LogP contribution >= 0.6 is 0 Å².